The summed E-state index contributed by atoms with van der Waals surface area (Å²) in [5, 5.41) is 3.01. The molecule has 0 aromatic heterocycles. The van der Waals surface area contributed by atoms with Gasteiger partial charge in [-0.1, -0.05) is 6.42 Å². The highest BCUT2D eigenvalue weighted by atomic mass is 16.2. The Balaban J connectivity index is 2.32. The first-order valence-corrected chi connectivity index (χ1v) is 8.51. The fourth-order valence-electron chi connectivity index (χ4n) is 2.83. The van der Waals surface area contributed by atoms with Gasteiger partial charge in [0.15, 0.2) is 0 Å². The van der Waals surface area contributed by atoms with Gasteiger partial charge in [-0.05, 0) is 59.7 Å². The molecule has 1 rings (SSSR count). The van der Waals surface area contributed by atoms with E-state index in [1.165, 1.54) is 19.4 Å². The molecule has 0 aromatic carbocycles. The molecule has 5 heteroatoms. The molecule has 0 saturated carbocycles. The minimum absolute atomic E-state index is 0.0235. The normalized spacial score (nSPS) is 19.5. The van der Waals surface area contributed by atoms with Crippen molar-refractivity contribution >= 4 is 5.91 Å². The van der Waals surface area contributed by atoms with E-state index in [-0.39, 0.29) is 18.0 Å². The maximum atomic E-state index is 12.1. The van der Waals surface area contributed by atoms with Gasteiger partial charge in [-0.15, -0.1) is 0 Å². The van der Waals surface area contributed by atoms with E-state index >= 15 is 0 Å². The molecular formula is C16H34N4O. The van der Waals surface area contributed by atoms with Crippen LogP contribution in [0.25, 0.3) is 0 Å². The van der Waals surface area contributed by atoms with Crippen LogP contribution in [-0.2, 0) is 4.79 Å². The molecule has 1 aliphatic heterocycles. The van der Waals surface area contributed by atoms with Crippen LogP contribution in [0.5, 0.6) is 0 Å². The zero-order valence-electron chi connectivity index (χ0n) is 14.1. The summed E-state index contributed by atoms with van der Waals surface area (Å²) >= 11 is 0. The number of carbonyl (C=O) groups is 1. The second-order valence-electron chi connectivity index (χ2n) is 6.42. The van der Waals surface area contributed by atoms with Crippen molar-refractivity contribution in [2.75, 3.05) is 39.3 Å². The SMILES string of the molecule is CC(C)NC(=O)C(C)N1CCCN(CCCCCN)CC1. The summed E-state index contributed by atoms with van der Waals surface area (Å²) in [6.07, 6.45) is 4.74. The number of nitrogens with one attached hydrogen (secondary N) is 1. The van der Waals surface area contributed by atoms with Crippen LogP contribution in [0.1, 0.15) is 46.5 Å². The van der Waals surface area contributed by atoms with E-state index in [1.807, 2.05) is 20.8 Å². The Kier molecular flexibility index (Phi) is 8.88. The van der Waals surface area contributed by atoms with Crippen molar-refractivity contribution in [3.05, 3.63) is 0 Å². The van der Waals surface area contributed by atoms with Crippen LogP contribution in [0.2, 0.25) is 0 Å². The van der Waals surface area contributed by atoms with E-state index in [9.17, 15) is 4.79 Å². The molecule has 0 bridgehead atoms. The molecule has 1 saturated heterocycles. The molecule has 1 amide bonds. The van der Waals surface area contributed by atoms with Crippen molar-refractivity contribution in [3.63, 3.8) is 0 Å². The van der Waals surface area contributed by atoms with Crippen molar-refractivity contribution < 1.29 is 4.79 Å². The standard InChI is InChI=1S/C16H34N4O/c1-14(2)18-16(21)15(3)20-11-7-10-19(12-13-20)9-6-4-5-8-17/h14-15H,4-13,17H2,1-3H3,(H,18,21). The van der Waals surface area contributed by atoms with Gasteiger partial charge >= 0.3 is 0 Å². The zero-order valence-corrected chi connectivity index (χ0v) is 14.1. The van der Waals surface area contributed by atoms with Crippen LogP contribution in [0.15, 0.2) is 0 Å². The van der Waals surface area contributed by atoms with Crippen molar-refractivity contribution in [2.45, 2.75) is 58.5 Å². The molecule has 1 atom stereocenters. The third kappa shape index (κ3) is 7.25. The van der Waals surface area contributed by atoms with Gasteiger partial charge < -0.3 is 16.0 Å². The highest BCUT2D eigenvalue weighted by Gasteiger charge is 2.23. The summed E-state index contributed by atoms with van der Waals surface area (Å²) in [5.41, 5.74) is 5.53. The largest absolute Gasteiger partial charge is 0.353 e. The highest BCUT2D eigenvalue weighted by molar-refractivity contribution is 5.81. The number of carbonyl (C=O) groups excluding carboxylic acids is 1. The summed E-state index contributed by atoms with van der Waals surface area (Å²) in [6, 6.07) is 0.190. The lowest BCUT2D eigenvalue weighted by atomic mass is 10.2. The predicted octanol–water partition coefficient (Wildman–Crippen LogP) is 1.04. The fraction of sp³-hybridized carbons (Fsp3) is 0.938. The summed E-state index contributed by atoms with van der Waals surface area (Å²) < 4.78 is 0. The minimum Gasteiger partial charge on any atom is -0.353 e. The summed E-state index contributed by atoms with van der Waals surface area (Å²) in [4.78, 5) is 17.0. The second kappa shape index (κ2) is 10.1. The molecule has 3 N–H and O–H groups in total. The molecule has 21 heavy (non-hydrogen) atoms. The van der Waals surface area contributed by atoms with E-state index < -0.39 is 0 Å². The van der Waals surface area contributed by atoms with Crippen LogP contribution < -0.4 is 11.1 Å². The lowest BCUT2D eigenvalue weighted by Gasteiger charge is -2.27. The van der Waals surface area contributed by atoms with Crippen molar-refractivity contribution in [1.82, 2.24) is 15.1 Å². The van der Waals surface area contributed by atoms with E-state index in [2.05, 4.69) is 15.1 Å². The summed E-state index contributed by atoms with van der Waals surface area (Å²) in [6.45, 7) is 12.2. The predicted molar refractivity (Wildman–Crippen MR) is 88.3 cm³/mol. The number of hydrogen-bond acceptors (Lipinski definition) is 4. The lowest BCUT2D eigenvalue weighted by molar-refractivity contribution is -0.126. The number of amides is 1. The lowest BCUT2D eigenvalue weighted by Crippen LogP contribution is -2.48. The molecule has 5 nitrogen and oxygen atoms in total. The first kappa shape index (κ1) is 18.4. The van der Waals surface area contributed by atoms with Crippen LogP contribution in [0.3, 0.4) is 0 Å². The molecule has 0 radical (unpaired) electrons. The van der Waals surface area contributed by atoms with Crippen LogP contribution in [-0.4, -0.2) is 67.1 Å². The van der Waals surface area contributed by atoms with Crippen LogP contribution in [0.4, 0.5) is 0 Å². The van der Waals surface area contributed by atoms with Crippen molar-refractivity contribution in [1.29, 1.82) is 0 Å². The van der Waals surface area contributed by atoms with Gasteiger partial charge in [0.2, 0.25) is 5.91 Å². The Morgan fingerprint density at radius 3 is 2.52 bits per heavy atom. The number of unbranched alkanes of at least 4 members (excludes halogenated alkanes) is 2. The Bertz CT molecular complexity index is 296. The average Bonchev–Trinajstić information content (AvgIpc) is 2.67. The van der Waals surface area contributed by atoms with Gasteiger partial charge in [0.25, 0.3) is 0 Å². The molecule has 0 aliphatic carbocycles. The Morgan fingerprint density at radius 2 is 1.86 bits per heavy atom. The average molecular weight is 298 g/mol. The quantitative estimate of drug-likeness (QED) is 0.657. The van der Waals surface area contributed by atoms with Gasteiger partial charge in [0.05, 0.1) is 6.04 Å². The third-order valence-corrected chi connectivity index (χ3v) is 4.16. The fourth-order valence-corrected chi connectivity index (χ4v) is 2.83. The van der Waals surface area contributed by atoms with Crippen LogP contribution >= 0.6 is 0 Å². The molecule has 124 valence electrons. The molecule has 1 fully saturated rings. The monoisotopic (exact) mass is 298 g/mol. The van der Waals surface area contributed by atoms with E-state index in [1.54, 1.807) is 0 Å². The van der Waals surface area contributed by atoms with Crippen LogP contribution in [0, 0.1) is 0 Å². The van der Waals surface area contributed by atoms with Crippen molar-refractivity contribution in [3.8, 4) is 0 Å². The Hall–Kier alpha value is -0.650. The number of hydrogen-bond donors (Lipinski definition) is 2. The van der Waals surface area contributed by atoms with Gasteiger partial charge in [-0.2, -0.15) is 0 Å². The first-order valence-electron chi connectivity index (χ1n) is 8.51. The van der Waals surface area contributed by atoms with Gasteiger partial charge in [-0.3, -0.25) is 9.69 Å². The van der Waals surface area contributed by atoms with Gasteiger partial charge in [-0.25, -0.2) is 0 Å². The van der Waals surface area contributed by atoms with Gasteiger partial charge in [0.1, 0.15) is 0 Å². The zero-order chi connectivity index (χ0) is 15.7. The maximum absolute atomic E-state index is 12.1. The summed E-state index contributed by atoms with van der Waals surface area (Å²) in [7, 11) is 0. The number of nitrogens with two attached hydrogens (primary N) is 1. The molecule has 1 unspecified atom stereocenters. The summed E-state index contributed by atoms with van der Waals surface area (Å²) in [5.74, 6) is 0.154. The first-order chi connectivity index (χ1) is 10.0. The van der Waals surface area contributed by atoms with Gasteiger partial charge in [0, 0.05) is 25.7 Å². The molecular weight excluding hydrogens is 264 g/mol. The van der Waals surface area contributed by atoms with E-state index in [4.69, 9.17) is 5.73 Å². The number of nitrogens with zero attached hydrogens (tertiary/aromatic N) is 2. The Morgan fingerprint density at radius 1 is 1.10 bits per heavy atom. The van der Waals surface area contributed by atoms with E-state index in [0.717, 1.165) is 45.6 Å². The number of rotatable bonds is 8. The topological polar surface area (TPSA) is 61.6 Å². The molecule has 1 aliphatic rings. The van der Waals surface area contributed by atoms with Crippen molar-refractivity contribution in [2.24, 2.45) is 5.73 Å². The smallest absolute Gasteiger partial charge is 0.237 e. The third-order valence-electron chi connectivity index (χ3n) is 4.16. The molecule has 0 spiro atoms. The second-order valence-corrected chi connectivity index (χ2v) is 6.42. The molecule has 0 aromatic rings. The van der Waals surface area contributed by atoms with E-state index in [0.29, 0.717) is 0 Å². The molecule has 1 heterocycles. The minimum atomic E-state index is -0.0235. The Labute approximate surface area is 130 Å². The highest BCUT2D eigenvalue weighted by Crippen LogP contribution is 2.09. The maximum Gasteiger partial charge on any atom is 0.237 e.